The van der Waals surface area contributed by atoms with Crippen molar-refractivity contribution in [2.24, 2.45) is 5.73 Å². The number of nitrogens with one attached hydrogen (secondary N) is 1. The van der Waals surface area contributed by atoms with E-state index in [9.17, 15) is 4.79 Å². The van der Waals surface area contributed by atoms with Crippen LogP contribution in [0.1, 0.15) is 20.8 Å². The molecule has 0 aliphatic carbocycles. The molecule has 78 valence electrons. The molecular formula is C9H21N3O. The van der Waals surface area contributed by atoms with E-state index < -0.39 is 0 Å². The van der Waals surface area contributed by atoms with Crippen LogP contribution in [0, 0.1) is 0 Å². The SMILES string of the molecule is CCN(CCNC(C)C)CC(N)=O. The van der Waals surface area contributed by atoms with Gasteiger partial charge in [0.05, 0.1) is 6.54 Å². The Morgan fingerprint density at radius 1 is 1.54 bits per heavy atom. The van der Waals surface area contributed by atoms with Crippen molar-refractivity contribution in [2.45, 2.75) is 26.8 Å². The van der Waals surface area contributed by atoms with E-state index >= 15 is 0 Å². The molecular weight excluding hydrogens is 166 g/mol. The van der Waals surface area contributed by atoms with Gasteiger partial charge in [0.2, 0.25) is 5.91 Å². The minimum Gasteiger partial charge on any atom is -0.369 e. The highest BCUT2D eigenvalue weighted by atomic mass is 16.1. The van der Waals surface area contributed by atoms with Crippen LogP contribution in [0.25, 0.3) is 0 Å². The number of hydrogen-bond donors (Lipinski definition) is 2. The normalized spacial score (nSPS) is 11.2. The summed E-state index contributed by atoms with van der Waals surface area (Å²) < 4.78 is 0. The van der Waals surface area contributed by atoms with E-state index in [0.717, 1.165) is 19.6 Å². The number of rotatable bonds is 7. The van der Waals surface area contributed by atoms with E-state index in [2.05, 4.69) is 19.2 Å². The Morgan fingerprint density at radius 2 is 2.15 bits per heavy atom. The quantitative estimate of drug-likeness (QED) is 0.580. The van der Waals surface area contributed by atoms with E-state index in [4.69, 9.17) is 5.73 Å². The molecule has 0 spiro atoms. The second-order valence-electron chi connectivity index (χ2n) is 3.44. The molecule has 0 aliphatic heterocycles. The van der Waals surface area contributed by atoms with E-state index in [-0.39, 0.29) is 5.91 Å². The minimum atomic E-state index is -0.258. The lowest BCUT2D eigenvalue weighted by Gasteiger charge is -2.19. The molecule has 0 fully saturated rings. The molecule has 0 saturated carbocycles. The van der Waals surface area contributed by atoms with Crippen LogP contribution in [-0.4, -0.2) is 43.0 Å². The number of primary amides is 1. The summed E-state index contributed by atoms with van der Waals surface area (Å²) in [6.07, 6.45) is 0. The lowest BCUT2D eigenvalue weighted by atomic mass is 10.4. The molecule has 0 aromatic rings. The van der Waals surface area contributed by atoms with Crippen LogP contribution < -0.4 is 11.1 Å². The van der Waals surface area contributed by atoms with Gasteiger partial charge < -0.3 is 11.1 Å². The molecule has 0 rings (SSSR count). The van der Waals surface area contributed by atoms with E-state index in [0.29, 0.717) is 12.6 Å². The van der Waals surface area contributed by atoms with Crippen molar-refractivity contribution in [2.75, 3.05) is 26.2 Å². The smallest absolute Gasteiger partial charge is 0.231 e. The van der Waals surface area contributed by atoms with Crippen molar-refractivity contribution in [3.8, 4) is 0 Å². The zero-order valence-electron chi connectivity index (χ0n) is 8.84. The average molecular weight is 187 g/mol. The largest absolute Gasteiger partial charge is 0.369 e. The molecule has 1 amide bonds. The first-order valence-corrected chi connectivity index (χ1v) is 4.80. The fraction of sp³-hybridized carbons (Fsp3) is 0.889. The van der Waals surface area contributed by atoms with Crippen LogP contribution in [0.3, 0.4) is 0 Å². The van der Waals surface area contributed by atoms with E-state index in [1.54, 1.807) is 0 Å². The van der Waals surface area contributed by atoms with E-state index in [1.165, 1.54) is 0 Å². The summed E-state index contributed by atoms with van der Waals surface area (Å²) in [6, 6.07) is 0.493. The highest BCUT2D eigenvalue weighted by molar-refractivity contribution is 5.75. The minimum absolute atomic E-state index is 0.258. The van der Waals surface area contributed by atoms with Crippen molar-refractivity contribution < 1.29 is 4.79 Å². The van der Waals surface area contributed by atoms with Crippen LogP contribution in [0.5, 0.6) is 0 Å². The number of likely N-dealkylation sites (N-methyl/N-ethyl adjacent to an activating group) is 1. The predicted molar refractivity (Wildman–Crippen MR) is 54.4 cm³/mol. The summed E-state index contributed by atoms with van der Waals surface area (Å²) in [4.78, 5) is 12.7. The van der Waals surface area contributed by atoms with Gasteiger partial charge in [-0.05, 0) is 6.54 Å². The monoisotopic (exact) mass is 187 g/mol. The van der Waals surface area contributed by atoms with Gasteiger partial charge >= 0.3 is 0 Å². The number of nitrogens with zero attached hydrogens (tertiary/aromatic N) is 1. The first kappa shape index (κ1) is 12.4. The third-order valence-corrected chi connectivity index (χ3v) is 1.81. The third kappa shape index (κ3) is 7.74. The van der Waals surface area contributed by atoms with Crippen molar-refractivity contribution in [3.05, 3.63) is 0 Å². The fourth-order valence-corrected chi connectivity index (χ4v) is 1.08. The summed E-state index contributed by atoms with van der Waals surface area (Å²) >= 11 is 0. The molecule has 13 heavy (non-hydrogen) atoms. The van der Waals surface area contributed by atoms with Gasteiger partial charge in [0.25, 0.3) is 0 Å². The molecule has 0 aromatic carbocycles. The molecule has 0 radical (unpaired) electrons. The number of carbonyl (C=O) groups excluding carboxylic acids is 1. The molecule has 0 saturated heterocycles. The topological polar surface area (TPSA) is 58.4 Å². The molecule has 0 atom stereocenters. The molecule has 0 bridgehead atoms. The number of hydrogen-bond acceptors (Lipinski definition) is 3. The number of nitrogens with two attached hydrogens (primary N) is 1. The lowest BCUT2D eigenvalue weighted by Crippen LogP contribution is -2.39. The molecule has 0 unspecified atom stereocenters. The summed E-state index contributed by atoms with van der Waals surface area (Å²) in [5.74, 6) is -0.258. The van der Waals surface area contributed by atoms with Crippen LogP contribution in [0.4, 0.5) is 0 Å². The van der Waals surface area contributed by atoms with Crippen LogP contribution in [0.2, 0.25) is 0 Å². The Balaban J connectivity index is 3.53. The summed E-state index contributed by atoms with van der Waals surface area (Å²) in [7, 11) is 0. The molecule has 3 N–H and O–H groups in total. The van der Waals surface area contributed by atoms with Gasteiger partial charge in [0.15, 0.2) is 0 Å². The Kier molecular flexibility index (Phi) is 6.54. The van der Waals surface area contributed by atoms with Gasteiger partial charge in [-0.2, -0.15) is 0 Å². The first-order chi connectivity index (χ1) is 6.06. The maximum Gasteiger partial charge on any atom is 0.231 e. The molecule has 0 aliphatic rings. The maximum atomic E-state index is 10.6. The van der Waals surface area contributed by atoms with Gasteiger partial charge in [-0.15, -0.1) is 0 Å². The molecule has 0 heterocycles. The second kappa shape index (κ2) is 6.86. The molecule has 4 nitrogen and oxygen atoms in total. The third-order valence-electron chi connectivity index (χ3n) is 1.81. The van der Waals surface area contributed by atoms with Crippen molar-refractivity contribution in [3.63, 3.8) is 0 Å². The summed E-state index contributed by atoms with van der Waals surface area (Å²) in [5, 5.41) is 3.29. The van der Waals surface area contributed by atoms with Crippen molar-refractivity contribution >= 4 is 5.91 Å². The first-order valence-electron chi connectivity index (χ1n) is 4.80. The lowest BCUT2D eigenvalue weighted by molar-refractivity contribution is -0.119. The van der Waals surface area contributed by atoms with Crippen molar-refractivity contribution in [1.29, 1.82) is 0 Å². The standard InChI is InChI=1S/C9H21N3O/c1-4-12(7-9(10)13)6-5-11-8(2)3/h8,11H,4-7H2,1-3H3,(H2,10,13). The Hall–Kier alpha value is -0.610. The fourth-order valence-electron chi connectivity index (χ4n) is 1.08. The van der Waals surface area contributed by atoms with Crippen LogP contribution in [0.15, 0.2) is 0 Å². The van der Waals surface area contributed by atoms with Crippen molar-refractivity contribution in [1.82, 2.24) is 10.2 Å². The average Bonchev–Trinajstić information content (AvgIpc) is 2.01. The van der Waals surface area contributed by atoms with Gasteiger partial charge in [-0.1, -0.05) is 20.8 Å². The second-order valence-corrected chi connectivity index (χ2v) is 3.44. The van der Waals surface area contributed by atoms with Gasteiger partial charge in [-0.25, -0.2) is 0 Å². The number of carbonyl (C=O) groups is 1. The van der Waals surface area contributed by atoms with E-state index in [1.807, 2.05) is 11.8 Å². The van der Waals surface area contributed by atoms with Gasteiger partial charge in [0, 0.05) is 19.1 Å². The highest BCUT2D eigenvalue weighted by Gasteiger charge is 2.04. The zero-order valence-corrected chi connectivity index (χ0v) is 8.84. The maximum absolute atomic E-state index is 10.6. The zero-order chi connectivity index (χ0) is 10.3. The number of amides is 1. The Labute approximate surface area is 80.5 Å². The molecule has 4 heteroatoms. The van der Waals surface area contributed by atoms with Gasteiger partial charge in [0.1, 0.15) is 0 Å². The predicted octanol–water partition coefficient (Wildman–Crippen LogP) is -0.208. The highest BCUT2D eigenvalue weighted by Crippen LogP contribution is 1.85. The summed E-state index contributed by atoms with van der Waals surface area (Å²) in [5.41, 5.74) is 5.10. The Morgan fingerprint density at radius 3 is 2.54 bits per heavy atom. The van der Waals surface area contributed by atoms with Crippen LogP contribution in [-0.2, 0) is 4.79 Å². The summed E-state index contributed by atoms with van der Waals surface area (Å²) in [6.45, 7) is 9.22. The van der Waals surface area contributed by atoms with Gasteiger partial charge in [-0.3, -0.25) is 9.69 Å². The van der Waals surface area contributed by atoms with Crippen LogP contribution >= 0.6 is 0 Å². The molecule has 0 aromatic heterocycles. The Bertz CT molecular complexity index is 148.